The van der Waals surface area contributed by atoms with E-state index < -0.39 is 5.60 Å². The van der Waals surface area contributed by atoms with E-state index in [0.717, 1.165) is 17.7 Å². The van der Waals surface area contributed by atoms with E-state index in [-0.39, 0.29) is 18.0 Å². The lowest BCUT2D eigenvalue weighted by atomic mass is 10.2. The molecule has 3 aromatic heterocycles. The van der Waals surface area contributed by atoms with Crippen molar-refractivity contribution >= 4 is 34.7 Å². The Labute approximate surface area is 284 Å². The number of pyridine rings is 2. The van der Waals surface area contributed by atoms with Gasteiger partial charge < -0.3 is 34.5 Å². The third-order valence-electron chi connectivity index (χ3n) is 7.82. The molecular weight excluding hydrogens is 626 g/mol. The van der Waals surface area contributed by atoms with E-state index in [2.05, 4.69) is 20.6 Å². The highest BCUT2D eigenvalue weighted by Gasteiger charge is 2.31. The Bertz CT molecular complexity index is 1940. The molecule has 49 heavy (non-hydrogen) atoms. The maximum Gasteiger partial charge on any atom is 0.410 e. The Hall–Kier alpha value is -5.85. The SMILES string of the molecule is COc1ccc(Cn2nc(N[C@@H]3CCN(C(=O)OC(C)(C)C)C3)c3c(Oc4ccc(C(=O)Nc5cc(OC)ccn5)cc4)ccnc32)cc1. The summed E-state index contributed by atoms with van der Waals surface area (Å²) in [6, 6.07) is 19.7. The van der Waals surface area contributed by atoms with Crippen LogP contribution in [-0.4, -0.2) is 75.6 Å². The number of carbonyl (C=O) groups is 2. The van der Waals surface area contributed by atoms with Crippen LogP contribution in [0.5, 0.6) is 23.0 Å². The second kappa shape index (κ2) is 14.1. The van der Waals surface area contributed by atoms with Gasteiger partial charge in [-0.25, -0.2) is 19.4 Å². The summed E-state index contributed by atoms with van der Waals surface area (Å²) in [5.74, 6) is 3.06. The van der Waals surface area contributed by atoms with Crippen LogP contribution in [0.25, 0.3) is 11.0 Å². The zero-order valence-corrected chi connectivity index (χ0v) is 28.1. The summed E-state index contributed by atoms with van der Waals surface area (Å²) >= 11 is 0. The van der Waals surface area contributed by atoms with Crippen LogP contribution in [0, 0.1) is 0 Å². The molecule has 0 aliphatic carbocycles. The van der Waals surface area contributed by atoms with Crippen molar-refractivity contribution in [2.75, 3.05) is 37.9 Å². The molecule has 4 heterocycles. The van der Waals surface area contributed by atoms with Crippen LogP contribution in [-0.2, 0) is 11.3 Å². The molecule has 2 aromatic carbocycles. The number of benzene rings is 2. The van der Waals surface area contributed by atoms with Gasteiger partial charge in [-0.2, -0.15) is 5.10 Å². The Morgan fingerprint density at radius 1 is 0.898 bits per heavy atom. The first-order valence-electron chi connectivity index (χ1n) is 15.9. The van der Waals surface area contributed by atoms with E-state index in [1.807, 2.05) is 49.7 Å². The fraction of sp³-hybridized carbons (Fsp3) is 0.306. The average Bonchev–Trinajstić information content (AvgIpc) is 3.70. The van der Waals surface area contributed by atoms with Crippen molar-refractivity contribution in [3.05, 3.63) is 90.3 Å². The van der Waals surface area contributed by atoms with Crippen LogP contribution in [0.1, 0.15) is 43.1 Å². The lowest BCUT2D eigenvalue weighted by Crippen LogP contribution is -2.36. The summed E-state index contributed by atoms with van der Waals surface area (Å²) in [5.41, 5.74) is 1.49. The molecule has 6 rings (SSSR count). The van der Waals surface area contributed by atoms with Crippen molar-refractivity contribution in [2.24, 2.45) is 0 Å². The highest BCUT2D eigenvalue weighted by molar-refractivity contribution is 6.04. The maximum absolute atomic E-state index is 12.9. The number of amides is 2. The van der Waals surface area contributed by atoms with E-state index in [0.29, 0.717) is 65.1 Å². The molecule has 0 radical (unpaired) electrons. The van der Waals surface area contributed by atoms with Gasteiger partial charge >= 0.3 is 6.09 Å². The van der Waals surface area contributed by atoms with Gasteiger partial charge in [-0.1, -0.05) is 12.1 Å². The maximum atomic E-state index is 12.9. The second-order valence-corrected chi connectivity index (χ2v) is 12.6. The van der Waals surface area contributed by atoms with Gasteiger partial charge in [0.05, 0.1) is 20.8 Å². The first-order valence-corrected chi connectivity index (χ1v) is 15.9. The molecule has 2 N–H and O–H groups in total. The summed E-state index contributed by atoms with van der Waals surface area (Å²) < 4.78 is 24.3. The number of fused-ring (bicyclic) bond motifs is 1. The van der Waals surface area contributed by atoms with Gasteiger partial charge in [0.2, 0.25) is 0 Å². The molecule has 2 amide bonds. The molecule has 13 heteroatoms. The highest BCUT2D eigenvalue weighted by atomic mass is 16.6. The quantitative estimate of drug-likeness (QED) is 0.173. The molecular formula is C36H39N7O6. The van der Waals surface area contributed by atoms with Crippen molar-refractivity contribution < 1.29 is 28.5 Å². The van der Waals surface area contributed by atoms with Crippen LogP contribution < -0.4 is 24.8 Å². The minimum absolute atomic E-state index is 0.0648. The van der Waals surface area contributed by atoms with Crippen molar-refractivity contribution in [3.63, 3.8) is 0 Å². The molecule has 0 spiro atoms. The topological polar surface area (TPSA) is 142 Å². The van der Waals surface area contributed by atoms with Gasteiger partial charge in [0.1, 0.15) is 39.8 Å². The molecule has 1 aliphatic rings. The minimum atomic E-state index is -0.577. The predicted molar refractivity (Wildman–Crippen MR) is 185 cm³/mol. The largest absolute Gasteiger partial charge is 0.497 e. The summed E-state index contributed by atoms with van der Waals surface area (Å²) in [7, 11) is 3.19. The van der Waals surface area contributed by atoms with Gasteiger partial charge in [0.15, 0.2) is 11.5 Å². The van der Waals surface area contributed by atoms with Crippen LogP contribution in [0.4, 0.5) is 16.4 Å². The standard InChI is InChI=1S/C36H39N7O6/c1-36(2,3)49-35(45)42-19-16-25(22-42)39-32-31-29(15-18-38-33(31)43(41-32)21-23-6-10-26(46-4)11-7-23)48-27-12-8-24(9-13-27)34(44)40-30-20-28(47-5)14-17-37-30/h6-15,17-18,20,25H,16,19,21-22H2,1-5H3,(H,39,41)(H,37,40,44)/t25-/m1/s1. The van der Waals surface area contributed by atoms with Gasteiger partial charge in [0.25, 0.3) is 5.91 Å². The number of nitrogens with zero attached hydrogens (tertiary/aromatic N) is 5. The number of hydrogen-bond donors (Lipinski definition) is 2. The zero-order valence-electron chi connectivity index (χ0n) is 28.1. The molecule has 1 saturated heterocycles. The van der Waals surface area contributed by atoms with E-state index in [1.165, 1.54) is 0 Å². The lowest BCUT2D eigenvalue weighted by molar-refractivity contribution is 0.0293. The second-order valence-electron chi connectivity index (χ2n) is 12.6. The zero-order chi connectivity index (χ0) is 34.5. The predicted octanol–water partition coefficient (Wildman–Crippen LogP) is 6.36. The number of nitrogens with one attached hydrogen (secondary N) is 2. The molecule has 13 nitrogen and oxygen atoms in total. The number of anilines is 2. The molecule has 0 saturated carbocycles. The van der Waals surface area contributed by atoms with E-state index >= 15 is 0 Å². The molecule has 1 aliphatic heterocycles. The smallest absolute Gasteiger partial charge is 0.410 e. The fourth-order valence-electron chi connectivity index (χ4n) is 5.43. The van der Waals surface area contributed by atoms with E-state index in [4.69, 9.17) is 24.0 Å². The molecule has 0 bridgehead atoms. The lowest BCUT2D eigenvalue weighted by Gasteiger charge is -2.24. The molecule has 1 fully saturated rings. The van der Waals surface area contributed by atoms with Crippen molar-refractivity contribution in [1.29, 1.82) is 0 Å². The van der Waals surface area contributed by atoms with Gasteiger partial charge in [-0.15, -0.1) is 0 Å². The fourth-order valence-corrected chi connectivity index (χ4v) is 5.43. The van der Waals surface area contributed by atoms with Crippen LogP contribution >= 0.6 is 0 Å². The van der Waals surface area contributed by atoms with Gasteiger partial charge in [-0.3, -0.25) is 4.79 Å². The summed E-state index contributed by atoms with van der Waals surface area (Å²) in [6.07, 6.45) is 3.62. The van der Waals surface area contributed by atoms with Crippen LogP contribution in [0.3, 0.4) is 0 Å². The Balaban J connectivity index is 1.25. The first kappa shape index (κ1) is 33.1. The van der Waals surface area contributed by atoms with Crippen molar-refractivity contribution in [2.45, 2.75) is 45.4 Å². The summed E-state index contributed by atoms with van der Waals surface area (Å²) in [4.78, 5) is 36.2. The number of likely N-dealkylation sites (tertiary alicyclic amines) is 1. The van der Waals surface area contributed by atoms with Gasteiger partial charge in [-0.05, 0) is 75.2 Å². The number of hydrogen-bond acceptors (Lipinski definition) is 10. The Morgan fingerprint density at radius 3 is 2.33 bits per heavy atom. The highest BCUT2D eigenvalue weighted by Crippen LogP contribution is 2.35. The number of ether oxygens (including phenoxy) is 4. The number of methoxy groups -OCH3 is 2. The third kappa shape index (κ3) is 8.00. The summed E-state index contributed by atoms with van der Waals surface area (Å²) in [5, 5.41) is 12.0. The monoisotopic (exact) mass is 665 g/mol. The van der Waals surface area contributed by atoms with Crippen LogP contribution in [0.2, 0.25) is 0 Å². The van der Waals surface area contributed by atoms with Crippen molar-refractivity contribution in [1.82, 2.24) is 24.6 Å². The number of carbonyl (C=O) groups excluding carboxylic acids is 2. The third-order valence-corrected chi connectivity index (χ3v) is 7.82. The molecule has 254 valence electrons. The van der Waals surface area contributed by atoms with E-state index in [9.17, 15) is 9.59 Å². The van der Waals surface area contributed by atoms with Gasteiger partial charge in [0, 0.05) is 49.2 Å². The molecule has 1 atom stereocenters. The normalized spacial score (nSPS) is 14.4. The minimum Gasteiger partial charge on any atom is -0.497 e. The number of aromatic nitrogens is 4. The molecule has 0 unspecified atom stereocenters. The average molecular weight is 666 g/mol. The van der Waals surface area contributed by atoms with Crippen LogP contribution in [0.15, 0.2) is 79.1 Å². The number of rotatable bonds is 10. The Kier molecular flexibility index (Phi) is 9.51. The first-order chi connectivity index (χ1) is 23.6. The summed E-state index contributed by atoms with van der Waals surface area (Å²) in [6.45, 7) is 7.05. The molecule has 5 aromatic rings. The van der Waals surface area contributed by atoms with E-state index in [1.54, 1.807) is 74.0 Å². The Morgan fingerprint density at radius 2 is 1.61 bits per heavy atom. The van der Waals surface area contributed by atoms with Crippen molar-refractivity contribution in [3.8, 4) is 23.0 Å².